The molecule has 176 valence electrons. The van der Waals surface area contributed by atoms with E-state index >= 15 is 0 Å². The third kappa shape index (κ3) is 5.47. The zero-order chi connectivity index (χ0) is 23.9. The Hall–Kier alpha value is -4.47. The number of methoxy groups -OCH3 is 1. The third-order valence-electron chi connectivity index (χ3n) is 4.88. The highest BCUT2D eigenvalue weighted by atomic mass is 16.5. The Morgan fingerprint density at radius 3 is 2.53 bits per heavy atom. The van der Waals surface area contributed by atoms with Crippen molar-refractivity contribution in [1.82, 2.24) is 15.1 Å². The monoisotopic (exact) mass is 464 g/mol. The minimum atomic E-state index is -0.508. The lowest BCUT2D eigenvalue weighted by atomic mass is 10.3. The number of carbonyl (C=O) groups excluding carboxylic acids is 2. The van der Waals surface area contributed by atoms with E-state index in [4.69, 9.17) is 18.3 Å². The van der Waals surface area contributed by atoms with Crippen LogP contribution < -0.4 is 20.1 Å². The average molecular weight is 464 g/mol. The Kier molecular flexibility index (Phi) is 6.97. The van der Waals surface area contributed by atoms with Crippen molar-refractivity contribution < 1.29 is 27.9 Å². The number of nitrogens with zero attached hydrogens (tertiary/aromatic N) is 2. The first-order valence-corrected chi connectivity index (χ1v) is 10.6. The van der Waals surface area contributed by atoms with Gasteiger partial charge in [-0.3, -0.25) is 14.3 Å². The van der Waals surface area contributed by atoms with Crippen LogP contribution in [0.15, 0.2) is 69.8 Å². The summed E-state index contributed by atoms with van der Waals surface area (Å²) < 4.78 is 23.2. The van der Waals surface area contributed by atoms with Gasteiger partial charge in [0.25, 0.3) is 11.8 Å². The van der Waals surface area contributed by atoms with Crippen LogP contribution in [-0.4, -0.2) is 28.7 Å². The first-order valence-electron chi connectivity index (χ1n) is 10.6. The number of ether oxygens (including phenoxy) is 2. The normalized spacial score (nSPS) is 10.6. The van der Waals surface area contributed by atoms with Crippen LogP contribution in [0.2, 0.25) is 0 Å². The summed E-state index contributed by atoms with van der Waals surface area (Å²) in [6, 6.07) is 13.8. The number of benzene rings is 1. The van der Waals surface area contributed by atoms with Gasteiger partial charge in [-0.25, -0.2) is 0 Å². The van der Waals surface area contributed by atoms with E-state index in [-0.39, 0.29) is 30.3 Å². The molecule has 0 aliphatic heterocycles. The predicted octanol–water partition coefficient (Wildman–Crippen LogP) is 3.86. The molecule has 0 bridgehead atoms. The Balaban J connectivity index is 1.38. The van der Waals surface area contributed by atoms with Crippen molar-refractivity contribution in [3.05, 3.63) is 84.0 Å². The SMILES string of the molecule is CCn1cc(NC(=O)c2ccc(COc3ccc(OC)cc3)o2)c(C(=O)NCc2ccco2)n1. The molecule has 0 unspecified atom stereocenters. The second-order valence-electron chi connectivity index (χ2n) is 7.19. The fraction of sp³-hybridized carbons (Fsp3) is 0.208. The Morgan fingerprint density at radius 1 is 1.03 bits per heavy atom. The standard InChI is InChI=1S/C24H24N4O6/c1-3-28-14-20(22(27-28)24(30)25-13-18-5-4-12-32-18)26-23(29)21-11-10-19(34-21)15-33-17-8-6-16(31-2)7-9-17/h4-12,14H,3,13,15H2,1-2H3,(H,25,30)(H,26,29). The van der Waals surface area contributed by atoms with Gasteiger partial charge in [-0.2, -0.15) is 5.10 Å². The third-order valence-corrected chi connectivity index (χ3v) is 4.88. The van der Waals surface area contributed by atoms with Gasteiger partial charge >= 0.3 is 0 Å². The number of carbonyl (C=O) groups is 2. The smallest absolute Gasteiger partial charge is 0.291 e. The molecule has 0 aliphatic carbocycles. The van der Waals surface area contributed by atoms with Crippen LogP contribution >= 0.6 is 0 Å². The van der Waals surface area contributed by atoms with E-state index < -0.39 is 11.8 Å². The summed E-state index contributed by atoms with van der Waals surface area (Å²) in [6.07, 6.45) is 3.12. The van der Waals surface area contributed by atoms with Gasteiger partial charge < -0.3 is 28.9 Å². The fourth-order valence-corrected chi connectivity index (χ4v) is 3.09. The van der Waals surface area contributed by atoms with Crippen LogP contribution in [0.5, 0.6) is 11.5 Å². The fourth-order valence-electron chi connectivity index (χ4n) is 3.09. The number of hydrogen-bond acceptors (Lipinski definition) is 7. The van der Waals surface area contributed by atoms with Crippen molar-refractivity contribution in [3.63, 3.8) is 0 Å². The van der Waals surface area contributed by atoms with E-state index in [1.807, 2.05) is 6.92 Å². The molecule has 0 atom stereocenters. The summed E-state index contributed by atoms with van der Waals surface area (Å²) in [6.45, 7) is 2.76. The molecule has 2 N–H and O–H groups in total. The number of aromatic nitrogens is 2. The maximum Gasteiger partial charge on any atom is 0.291 e. The summed E-state index contributed by atoms with van der Waals surface area (Å²) >= 11 is 0. The molecule has 4 rings (SSSR count). The lowest BCUT2D eigenvalue weighted by Gasteiger charge is -2.06. The number of nitrogens with one attached hydrogen (secondary N) is 2. The second kappa shape index (κ2) is 10.4. The van der Waals surface area contributed by atoms with E-state index in [1.54, 1.807) is 66.5 Å². The van der Waals surface area contributed by atoms with E-state index in [1.165, 1.54) is 6.26 Å². The van der Waals surface area contributed by atoms with Crippen LogP contribution in [0.3, 0.4) is 0 Å². The zero-order valence-electron chi connectivity index (χ0n) is 18.7. The molecule has 0 aliphatic rings. The van der Waals surface area contributed by atoms with Crippen molar-refractivity contribution in [2.45, 2.75) is 26.6 Å². The van der Waals surface area contributed by atoms with Crippen LogP contribution in [-0.2, 0) is 19.7 Å². The zero-order valence-corrected chi connectivity index (χ0v) is 18.7. The van der Waals surface area contributed by atoms with Gasteiger partial charge in [-0.05, 0) is 55.5 Å². The van der Waals surface area contributed by atoms with Crippen LogP contribution in [0.25, 0.3) is 0 Å². The number of hydrogen-bond donors (Lipinski definition) is 2. The summed E-state index contributed by atoms with van der Waals surface area (Å²) in [5, 5.41) is 9.68. The summed E-state index contributed by atoms with van der Waals surface area (Å²) in [5.41, 5.74) is 0.368. The molecule has 2 amide bonds. The minimum Gasteiger partial charge on any atom is -0.497 e. The lowest BCUT2D eigenvalue weighted by Crippen LogP contribution is -2.25. The number of rotatable bonds is 10. The Labute approximate surface area is 195 Å². The van der Waals surface area contributed by atoms with E-state index in [9.17, 15) is 9.59 Å². The van der Waals surface area contributed by atoms with Crippen molar-refractivity contribution >= 4 is 17.5 Å². The number of amides is 2. The van der Waals surface area contributed by atoms with Gasteiger partial charge in [0.05, 0.1) is 25.6 Å². The van der Waals surface area contributed by atoms with Crippen molar-refractivity contribution in [3.8, 4) is 11.5 Å². The van der Waals surface area contributed by atoms with Crippen LogP contribution in [0.1, 0.15) is 39.5 Å². The first-order chi connectivity index (χ1) is 16.6. The molecule has 10 heteroatoms. The van der Waals surface area contributed by atoms with Crippen LogP contribution in [0, 0.1) is 0 Å². The number of furan rings is 2. The van der Waals surface area contributed by atoms with Gasteiger partial charge in [0.2, 0.25) is 0 Å². The maximum absolute atomic E-state index is 12.7. The molecule has 0 saturated heterocycles. The molecule has 4 aromatic rings. The van der Waals surface area contributed by atoms with E-state index in [0.717, 1.165) is 5.75 Å². The minimum absolute atomic E-state index is 0.0829. The van der Waals surface area contributed by atoms with Gasteiger partial charge in [0.1, 0.15) is 29.6 Å². The first kappa shape index (κ1) is 22.7. The molecule has 3 heterocycles. The van der Waals surface area contributed by atoms with Crippen molar-refractivity contribution in [2.24, 2.45) is 0 Å². The Morgan fingerprint density at radius 2 is 1.82 bits per heavy atom. The lowest BCUT2D eigenvalue weighted by molar-refractivity contribution is 0.0943. The molecule has 3 aromatic heterocycles. The van der Waals surface area contributed by atoms with E-state index in [2.05, 4.69) is 15.7 Å². The highest BCUT2D eigenvalue weighted by Crippen LogP contribution is 2.20. The topological polar surface area (TPSA) is 121 Å². The van der Waals surface area contributed by atoms with Crippen molar-refractivity contribution in [2.75, 3.05) is 12.4 Å². The Bertz CT molecular complexity index is 1240. The summed E-state index contributed by atoms with van der Waals surface area (Å²) in [7, 11) is 1.59. The molecular formula is C24H24N4O6. The predicted molar refractivity (Wildman–Crippen MR) is 122 cm³/mol. The molecule has 0 spiro atoms. The molecular weight excluding hydrogens is 440 g/mol. The molecule has 0 fully saturated rings. The molecule has 0 radical (unpaired) electrons. The summed E-state index contributed by atoms with van der Waals surface area (Å²) in [4.78, 5) is 25.4. The number of aryl methyl sites for hydroxylation is 1. The van der Waals surface area contributed by atoms with Gasteiger partial charge in [-0.15, -0.1) is 0 Å². The van der Waals surface area contributed by atoms with Crippen molar-refractivity contribution in [1.29, 1.82) is 0 Å². The van der Waals surface area contributed by atoms with Gasteiger partial charge in [0.15, 0.2) is 11.5 Å². The van der Waals surface area contributed by atoms with Crippen LogP contribution in [0.4, 0.5) is 5.69 Å². The average Bonchev–Trinajstić information content (AvgIpc) is 3.62. The maximum atomic E-state index is 12.7. The van der Waals surface area contributed by atoms with E-state index in [0.29, 0.717) is 23.8 Å². The second-order valence-corrected chi connectivity index (χ2v) is 7.19. The largest absolute Gasteiger partial charge is 0.497 e. The quantitative estimate of drug-likeness (QED) is 0.366. The molecule has 1 aromatic carbocycles. The summed E-state index contributed by atoms with van der Waals surface area (Å²) in [5.74, 6) is 1.58. The van der Waals surface area contributed by atoms with Gasteiger partial charge in [0, 0.05) is 12.7 Å². The highest BCUT2D eigenvalue weighted by molar-refractivity contribution is 6.07. The molecule has 0 saturated carbocycles. The molecule has 10 nitrogen and oxygen atoms in total. The highest BCUT2D eigenvalue weighted by Gasteiger charge is 2.21. The number of anilines is 1. The van der Waals surface area contributed by atoms with Gasteiger partial charge in [-0.1, -0.05) is 0 Å². The molecule has 34 heavy (non-hydrogen) atoms.